The second kappa shape index (κ2) is 5.18. The van der Waals surface area contributed by atoms with Gasteiger partial charge in [0.1, 0.15) is 17.4 Å². The number of hydrogen-bond acceptors (Lipinski definition) is 2. The Bertz CT molecular complexity index is 636. The highest BCUT2D eigenvalue weighted by Crippen LogP contribution is 2.23. The topological polar surface area (TPSA) is 26.3 Å². The van der Waals surface area contributed by atoms with Gasteiger partial charge in [-0.05, 0) is 48.9 Å². The molecule has 0 N–H and O–H groups in total. The maximum atomic E-state index is 13.2. The van der Waals surface area contributed by atoms with E-state index in [1.165, 1.54) is 37.4 Å². The Balaban J connectivity index is 2.49. The van der Waals surface area contributed by atoms with Crippen LogP contribution in [-0.4, -0.2) is 12.9 Å². The number of carbonyl (C=O) groups is 1. The number of carbonyl (C=O) groups excluding carboxylic acids is 1. The van der Waals surface area contributed by atoms with Crippen molar-refractivity contribution in [3.63, 3.8) is 0 Å². The molecule has 0 bridgehead atoms. The highest BCUT2D eigenvalue weighted by molar-refractivity contribution is 6.10. The molecule has 0 unspecified atom stereocenters. The van der Waals surface area contributed by atoms with Crippen molar-refractivity contribution in [1.82, 2.24) is 0 Å². The standard InChI is InChI=1S/C15H12F2O2/c1-9-7-10(3-5-13(9)17)15(18)12-8-11(16)4-6-14(12)19-2/h3-8H,1-2H3. The number of rotatable bonds is 3. The van der Waals surface area contributed by atoms with Gasteiger partial charge in [0, 0.05) is 5.56 Å². The van der Waals surface area contributed by atoms with Crippen LogP contribution in [0, 0.1) is 18.6 Å². The summed E-state index contributed by atoms with van der Waals surface area (Å²) in [5, 5.41) is 0. The SMILES string of the molecule is COc1ccc(F)cc1C(=O)c1ccc(F)c(C)c1. The van der Waals surface area contributed by atoms with Crippen molar-refractivity contribution >= 4 is 5.78 Å². The van der Waals surface area contributed by atoms with Crippen molar-refractivity contribution in [3.05, 3.63) is 64.7 Å². The first-order valence-electron chi connectivity index (χ1n) is 5.67. The maximum absolute atomic E-state index is 13.2. The van der Waals surface area contributed by atoms with Crippen LogP contribution >= 0.6 is 0 Å². The van der Waals surface area contributed by atoms with Crippen LogP contribution in [0.3, 0.4) is 0 Å². The van der Waals surface area contributed by atoms with Crippen LogP contribution in [0.2, 0.25) is 0 Å². The van der Waals surface area contributed by atoms with E-state index in [-0.39, 0.29) is 17.1 Å². The van der Waals surface area contributed by atoms with E-state index < -0.39 is 11.6 Å². The van der Waals surface area contributed by atoms with E-state index in [0.29, 0.717) is 11.1 Å². The molecule has 2 aromatic carbocycles. The summed E-state index contributed by atoms with van der Waals surface area (Å²) in [5.74, 6) is -1.03. The number of hydrogen-bond donors (Lipinski definition) is 0. The molecule has 4 heteroatoms. The summed E-state index contributed by atoms with van der Waals surface area (Å²) in [6.07, 6.45) is 0. The molecule has 2 aromatic rings. The van der Waals surface area contributed by atoms with Crippen molar-refractivity contribution in [2.75, 3.05) is 7.11 Å². The number of halogens is 2. The van der Waals surface area contributed by atoms with Gasteiger partial charge in [-0.2, -0.15) is 0 Å². The van der Waals surface area contributed by atoms with Crippen LogP contribution in [0.15, 0.2) is 36.4 Å². The first-order chi connectivity index (χ1) is 9.02. The molecule has 0 radical (unpaired) electrons. The highest BCUT2D eigenvalue weighted by atomic mass is 19.1. The minimum Gasteiger partial charge on any atom is -0.496 e. The van der Waals surface area contributed by atoms with Crippen molar-refractivity contribution < 1.29 is 18.3 Å². The van der Waals surface area contributed by atoms with E-state index in [2.05, 4.69) is 0 Å². The summed E-state index contributed by atoms with van der Waals surface area (Å²) in [6, 6.07) is 7.73. The third kappa shape index (κ3) is 2.62. The Labute approximate surface area is 109 Å². The molecule has 0 saturated carbocycles. The van der Waals surface area contributed by atoms with E-state index in [1.807, 2.05) is 0 Å². The monoisotopic (exact) mass is 262 g/mol. The molecule has 2 rings (SSSR count). The molecule has 0 fully saturated rings. The largest absolute Gasteiger partial charge is 0.496 e. The third-order valence-electron chi connectivity index (χ3n) is 2.83. The summed E-state index contributed by atoms with van der Waals surface area (Å²) in [5.41, 5.74) is 0.775. The van der Waals surface area contributed by atoms with Gasteiger partial charge in [-0.3, -0.25) is 4.79 Å². The second-order valence-electron chi connectivity index (χ2n) is 4.14. The fraction of sp³-hybridized carbons (Fsp3) is 0.133. The van der Waals surface area contributed by atoms with E-state index in [4.69, 9.17) is 4.74 Å². The lowest BCUT2D eigenvalue weighted by Crippen LogP contribution is -2.05. The zero-order chi connectivity index (χ0) is 14.0. The number of aryl methyl sites for hydroxylation is 1. The zero-order valence-corrected chi connectivity index (χ0v) is 10.5. The molecular formula is C15H12F2O2. The Morgan fingerprint density at radius 3 is 2.47 bits per heavy atom. The molecule has 0 atom stereocenters. The molecule has 0 spiro atoms. The summed E-state index contributed by atoms with van der Waals surface area (Å²) >= 11 is 0. The minimum atomic E-state index is -0.525. The van der Waals surface area contributed by atoms with Crippen molar-refractivity contribution in [1.29, 1.82) is 0 Å². The van der Waals surface area contributed by atoms with E-state index >= 15 is 0 Å². The van der Waals surface area contributed by atoms with E-state index in [1.54, 1.807) is 6.92 Å². The molecule has 98 valence electrons. The molecule has 0 amide bonds. The molecule has 0 aromatic heterocycles. The van der Waals surface area contributed by atoms with Gasteiger partial charge in [-0.1, -0.05) is 0 Å². The van der Waals surface area contributed by atoms with Gasteiger partial charge in [0.15, 0.2) is 5.78 Å². The van der Waals surface area contributed by atoms with Gasteiger partial charge < -0.3 is 4.74 Å². The molecule has 0 saturated heterocycles. The second-order valence-corrected chi connectivity index (χ2v) is 4.14. The highest BCUT2D eigenvalue weighted by Gasteiger charge is 2.16. The summed E-state index contributed by atoms with van der Waals surface area (Å²) < 4.78 is 31.4. The summed E-state index contributed by atoms with van der Waals surface area (Å²) in [4.78, 5) is 12.3. The zero-order valence-electron chi connectivity index (χ0n) is 10.5. The smallest absolute Gasteiger partial charge is 0.196 e. The Morgan fingerprint density at radius 1 is 1.11 bits per heavy atom. The van der Waals surface area contributed by atoms with Crippen LogP contribution in [0.5, 0.6) is 5.75 Å². The van der Waals surface area contributed by atoms with Gasteiger partial charge in [0.2, 0.25) is 0 Å². The van der Waals surface area contributed by atoms with Gasteiger partial charge in [-0.15, -0.1) is 0 Å². The lowest BCUT2D eigenvalue weighted by atomic mass is 10.0. The van der Waals surface area contributed by atoms with Crippen molar-refractivity contribution in [2.45, 2.75) is 6.92 Å². The Hall–Kier alpha value is -2.23. The quantitative estimate of drug-likeness (QED) is 0.791. The molecule has 0 aliphatic heterocycles. The number of benzene rings is 2. The molecule has 19 heavy (non-hydrogen) atoms. The fourth-order valence-electron chi connectivity index (χ4n) is 1.80. The van der Waals surface area contributed by atoms with Gasteiger partial charge in [-0.25, -0.2) is 8.78 Å². The van der Waals surface area contributed by atoms with Crippen LogP contribution in [0.1, 0.15) is 21.5 Å². The van der Waals surface area contributed by atoms with Crippen molar-refractivity contribution in [2.24, 2.45) is 0 Å². The van der Waals surface area contributed by atoms with Crippen LogP contribution in [0.25, 0.3) is 0 Å². The lowest BCUT2D eigenvalue weighted by molar-refractivity contribution is 0.103. The molecule has 0 aliphatic rings. The van der Waals surface area contributed by atoms with Gasteiger partial charge in [0.25, 0.3) is 0 Å². The molecule has 2 nitrogen and oxygen atoms in total. The summed E-state index contributed by atoms with van der Waals surface area (Å²) in [7, 11) is 1.40. The van der Waals surface area contributed by atoms with Crippen molar-refractivity contribution in [3.8, 4) is 5.75 Å². The predicted molar refractivity (Wildman–Crippen MR) is 67.5 cm³/mol. The first kappa shape index (κ1) is 13.2. The van der Waals surface area contributed by atoms with E-state index in [0.717, 1.165) is 6.07 Å². The predicted octanol–water partition coefficient (Wildman–Crippen LogP) is 3.51. The van der Waals surface area contributed by atoms with E-state index in [9.17, 15) is 13.6 Å². The van der Waals surface area contributed by atoms with Crippen LogP contribution in [0.4, 0.5) is 8.78 Å². The summed E-state index contributed by atoms with van der Waals surface area (Å²) in [6.45, 7) is 1.56. The number of methoxy groups -OCH3 is 1. The fourth-order valence-corrected chi connectivity index (χ4v) is 1.80. The Morgan fingerprint density at radius 2 is 1.84 bits per heavy atom. The van der Waals surface area contributed by atoms with Gasteiger partial charge in [0.05, 0.1) is 12.7 Å². The average Bonchev–Trinajstić information content (AvgIpc) is 2.41. The normalized spacial score (nSPS) is 10.3. The molecule has 0 heterocycles. The minimum absolute atomic E-state index is 0.119. The van der Waals surface area contributed by atoms with Gasteiger partial charge >= 0.3 is 0 Å². The van der Waals surface area contributed by atoms with Crippen LogP contribution < -0.4 is 4.74 Å². The average molecular weight is 262 g/mol. The molecule has 0 aliphatic carbocycles. The number of ketones is 1. The first-order valence-corrected chi connectivity index (χ1v) is 5.67. The maximum Gasteiger partial charge on any atom is 0.196 e. The Kier molecular flexibility index (Phi) is 3.60. The van der Waals surface area contributed by atoms with Crippen LogP contribution in [-0.2, 0) is 0 Å². The molecular weight excluding hydrogens is 250 g/mol. The number of ether oxygens (including phenoxy) is 1. The lowest BCUT2D eigenvalue weighted by Gasteiger charge is -2.08. The third-order valence-corrected chi connectivity index (χ3v) is 2.83.